The lowest BCUT2D eigenvalue weighted by Crippen LogP contribution is -2.58. The molecule has 0 spiro atoms. The molecule has 0 radical (unpaired) electrons. The quantitative estimate of drug-likeness (QED) is 0.109. The van der Waals surface area contributed by atoms with Crippen LogP contribution in [0.2, 0.25) is 0 Å². The van der Waals surface area contributed by atoms with E-state index in [1.165, 1.54) is 24.3 Å². The van der Waals surface area contributed by atoms with Gasteiger partial charge in [0.15, 0.2) is 6.04 Å². The van der Waals surface area contributed by atoms with Crippen molar-refractivity contribution in [3.05, 3.63) is 29.8 Å². The molecule has 0 saturated carbocycles. The number of hydrogen-bond donors (Lipinski definition) is 9. The van der Waals surface area contributed by atoms with Crippen LogP contribution in [0.15, 0.2) is 24.3 Å². The van der Waals surface area contributed by atoms with E-state index >= 15 is 0 Å². The Balaban J connectivity index is 3.03. The van der Waals surface area contributed by atoms with Gasteiger partial charge in [-0.25, -0.2) is 4.79 Å². The molecule has 0 bridgehead atoms. The third-order valence-corrected chi connectivity index (χ3v) is 5.33. The summed E-state index contributed by atoms with van der Waals surface area (Å²) in [7, 11) is 0. The van der Waals surface area contributed by atoms with E-state index in [-0.39, 0.29) is 12.2 Å². The lowest BCUT2D eigenvalue weighted by Gasteiger charge is -2.25. The fourth-order valence-electron chi connectivity index (χ4n) is 3.25. The summed E-state index contributed by atoms with van der Waals surface area (Å²) in [6.07, 6.45) is -3.55. The van der Waals surface area contributed by atoms with Crippen LogP contribution in [0.4, 0.5) is 0 Å². The van der Waals surface area contributed by atoms with Gasteiger partial charge in [0.1, 0.15) is 17.8 Å². The van der Waals surface area contributed by atoms with E-state index < -0.39 is 91.6 Å². The molecule has 0 heterocycles. The summed E-state index contributed by atoms with van der Waals surface area (Å²) in [5, 5.41) is 52.7. The number of aromatic hydroxyl groups is 1. The predicted molar refractivity (Wildman–Crippen MR) is 129 cm³/mol. The van der Waals surface area contributed by atoms with Gasteiger partial charge in [-0.15, -0.1) is 0 Å². The molecule has 5 unspecified atom stereocenters. The number of carboxylic acid groups (broad SMARTS) is 3. The minimum absolute atomic E-state index is 0.00166. The number of hydrogen-bond acceptors (Lipinski definition) is 9. The van der Waals surface area contributed by atoms with Gasteiger partial charge in [-0.3, -0.25) is 24.0 Å². The lowest BCUT2D eigenvalue weighted by atomic mass is 10.0. The van der Waals surface area contributed by atoms with Gasteiger partial charge in [-0.2, -0.15) is 0 Å². The van der Waals surface area contributed by atoms with Crippen LogP contribution in [0.3, 0.4) is 0 Å². The maximum absolute atomic E-state index is 12.9. The largest absolute Gasteiger partial charge is 0.508 e. The number of rotatable bonds is 16. The molecular weight excluding hydrogens is 508 g/mol. The SMILES string of the molecule is CC(O)C(NC(=O)C(CCC(=O)O)NC(=O)C(CCC(=O)O)NC(=O)C(N)Cc1ccc(O)cc1)C(=O)O. The summed E-state index contributed by atoms with van der Waals surface area (Å²) >= 11 is 0. The van der Waals surface area contributed by atoms with Crippen LogP contribution >= 0.6 is 0 Å². The Bertz CT molecular complexity index is 1010. The van der Waals surface area contributed by atoms with Gasteiger partial charge in [0.05, 0.1) is 12.1 Å². The Morgan fingerprint density at radius 1 is 0.789 bits per heavy atom. The van der Waals surface area contributed by atoms with Gasteiger partial charge in [-0.1, -0.05) is 12.1 Å². The molecule has 15 nitrogen and oxygen atoms in total. The van der Waals surface area contributed by atoms with E-state index in [4.69, 9.17) is 15.9 Å². The summed E-state index contributed by atoms with van der Waals surface area (Å²) < 4.78 is 0. The molecule has 0 aliphatic carbocycles. The number of phenols is 1. The minimum atomic E-state index is -1.76. The maximum Gasteiger partial charge on any atom is 0.328 e. The smallest absolute Gasteiger partial charge is 0.328 e. The van der Waals surface area contributed by atoms with Gasteiger partial charge in [-0.05, 0) is 43.9 Å². The van der Waals surface area contributed by atoms with Crippen molar-refractivity contribution in [1.29, 1.82) is 0 Å². The van der Waals surface area contributed by atoms with Gasteiger partial charge in [0.2, 0.25) is 17.7 Å². The maximum atomic E-state index is 12.9. The zero-order valence-electron chi connectivity index (χ0n) is 20.5. The number of nitrogens with two attached hydrogens (primary N) is 1. The van der Waals surface area contributed by atoms with Gasteiger partial charge in [0, 0.05) is 12.8 Å². The Morgan fingerprint density at radius 2 is 1.24 bits per heavy atom. The fourth-order valence-corrected chi connectivity index (χ4v) is 3.25. The molecule has 0 aromatic heterocycles. The van der Waals surface area contributed by atoms with Crippen molar-refractivity contribution in [2.75, 3.05) is 0 Å². The Hall–Kier alpha value is -4.24. The monoisotopic (exact) mass is 540 g/mol. The number of carbonyl (C=O) groups excluding carboxylic acids is 3. The highest BCUT2D eigenvalue weighted by Crippen LogP contribution is 2.11. The molecule has 0 aliphatic rings. The highest BCUT2D eigenvalue weighted by molar-refractivity contribution is 5.94. The molecule has 10 N–H and O–H groups in total. The number of amides is 3. The summed E-state index contributed by atoms with van der Waals surface area (Å²) in [4.78, 5) is 71.6. The highest BCUT2D eigenvalue weighted by atomic mass is 16.4. The van der Waals surface area contributed by atoms with E-state index in [2.05, 4.69) is 10.6 Å². The molecule has 1 rings (SSSR count). The second kappa shape index (κ2) is 15.1. The summed E-state index contributed by atoms with van der Waals surface area (Å²) in [5.41, 5.74) is 6.49. The summed E-state index contributed by atoms with van der Waals surface area (Å²) in [6, 6.07) is -0.179. The van der Waals surface area contributed by atoms with E-state index in [0.717, 1.165) is 6.92 Å². The summed E-state index contributed by atoms with van der Waals surface area (Å²) in [6.45, 7) is 1.10. The number of aliphatic hydroxyl groups excluding tert-OH is 1. The van der Waals surface area contributed by atoms with Crippen molar-refractivity contribution in [2.24, 2.45) is 5.73 Å². The molecule has 210 valence electrons. The molecule has 38 heavy (non-hydrogen) atoms. The van der Waals surface area contributed by atoms with E-state index in [9.17, 15) is 44.1 Å². The number of carbonyl (C=O) groups is 6. The topological polar surface area (TPSA) is 266 Å². The van der Waals surface area contributed by atoms with Crippen LogP contribution in [0.25, 0.3) is 0 Å². The van der Waals surface area contributed by atoms with Gasteiger partial charge >= 0.3 is 17.9 Å². The second-order valence-electron chi connectivity index (χ2n) is 8.53. The van der Waals surface area contributed by atoms with Crippen LogP contribution in [0.1, 0.15) is 38.2 Å². The summed E-state index contributed by atoms with van der Waals surface area (Å²) in [5.74, 6) is -7.15. The number of benzene rings is 1. The van der Waals surface area contributed by atoms with Crippen molar-refractivity contribution in [3.8, 4) is 5.75 Å². The van der Waals surface area contributed by atoms with Gasteiger partial charge in [0.25, 0.3) is 0 Å². The molecule has 1 aromatic rings. The van der Waals surface area contributed by atoms with Crippen LogP contribution in [0, 0.1) is 0 Å². The van der Waals surface area contributed by atoms with E-state index in [0.29, 0.717) is 5.56 Å². The third kappa shape index (κ3) is 11.2. The number of aliphatic hydroxyl groups is 1. The first kappa shape index (κ1) is 31.8. The first-order valence-electron chi connectivity index (χ1n) is 11.5. The average molecular weight is 541 g/mol. The minimum Gasteiger partial charge on any atom is -0.508 e. The molecule has 0 saturated heterocycles. The van der Waals surface area contributed by atoms with Crippen molar-refractivity contribution in [3.63, 3.8) is 0 Å². The number of nitrogens with one attached hydrogen (secondary N) is 3. The van der Waals surface area contributed by atoms with Crippen molar-refractivity contribution in [1.82, 2.24) is 16.0 Å². The van der Waals surface area contributed by atoms with Crippen molar-refractivity contribution >= 4 is 35.6 Å². The van der Waals surface area contributed by atoms with E-state index in [1.54, 1.807) is 0 Å². The fraction of sp³-hybridized carbons (Fsp3) is 0.478. The molecule has 0 fully saturated rings. The van der Waals surface area contributed by atoms with Crippen LogP contribution in [0.5, 0.6) is 5.75 Å². The highest BCUT2D eigenvalue weighted by Gasteiger charge is 2.32. The van der Waals surface area contributed by atoms with Crippen LogP contribution in [-0.2, 0) is 35.2 Å². The predicted octanol–water partition coefficient (Wildman–Crippen LogP) is -2.09. The van der Waals surface area contributed by atoms with Crippen molar-refractivity contribution < 1.29 is 54.3 Å². The molecule has 1 aromatic carbocycles. The Kier molecular flexibility index (Phi) is 12.6. The number of aliphatic carboxylic acids is 3. The molecular formula is C23H32N4O11. The standard InChI is InChI=1S/C23H32N4O11/c1-11(28)19(23(37)38)27-22(36)16(7-9-18(32)33)26-21(35)15(6-8-17(30)31)25-20(34)14(24)10-12-2-4-13(29)5-3-12/h2-5,11,14-16,19,28-29H,6-10,24H2,1H3,(H,25,34)(H,26,35)(H,27,36)(H,30,31)(H,32,33)(H,37,38). The number of phenolic OH excluding ortho intramolecular Hbond substituents is 1. The Labute approximate surface area is 217 Å². The van der Waals surface area contributed by atoms with Gasteiger partial charge < -0.3 is 47.2 Å². The molecule has 3 amide bonds. The molecule has 0 aliphatic heterocycles. The van der Waals surface area contributed by atoms with E-state index in [1.807, 2.05) is 5.32 Å². The third-order valence-electron chi connectivity index (χ3n) is 5.33. The zero-order valence-corrected chi connectivity index (χ0v) is 20.5. The van der Waals surface area contributed by atoms with Crippen LogP contribution in [-0.4, -0.2) is 91.4 Å². The zero-order chi connectivity index (χ0) is 29.0. The lowest BCUT2D eigenvalue weighted by molar-refractivity contribution is -0.145. The number of carboxylic acids is 3. The molecule has 15 heteroatoms. The first-order chi connectivity index (χ1) is 17.7. The van der Waals surface area contributed by atoms with Crippen LogP contribution < -0.4 is 21.7 Å². The normalized spacial score (nSPS) is 14.7. The Morgan fingerprint density at radius 3 is 1.66 bits per heavy atom. The first-order valence-corrected chi connectivity index (χ1v) is 11.5. The second-order valence-corrected chi connectivity index (χ2v) is 8.53. The van der Waals surface area contributed by atoms with Crippen molar-refractivity contribution in [2.45, 2.75) is 69.3 Å². The molecule has 5 atom stereocenters. The average Bonchev–Trinajstić information content (AvgIpc) is 2.82.